The number of carboxylic acids is 1. The van der Waals surface area contributed by atoms with Gasteiger partial charge in [-0.3, -0.25) is 9.59 Å². The summed E-state index contributed by atoms with van der Waals surface area (Å²) in [7, 11) is 0. The molecule has 2 atom stereocenters. The van der Waals surface area contributed by atoms with E-state index in [2.05, 4.69) is 0 Å². The van der Waals surface area contributed by atoms with Gasteiger partial charge in [0.25, 0.3) is 0 Å². The molecule has 0 aromatic heterocycles. The third kappa shape index (κ3) is 3.22. The Hall–Kier alpha value is -1.06. The van der Waals surface area contributed by atoms with Crippen LogP contribution in [0.15, 0.2) is 0 Å². The van der Waals surface area contributed by atoms with E-state index in [1.165, 1.54) is 0 Å². The molecule has 92 valence electrons. The summed E-state index contributed by atoms with van der Waals surface area (Å²) in [6.45, 7) is 6.57. The van der Waals surface area contributed by atoms with Crippen molar-refractivity contribution < 1.29 is 14.7 Å². The molecule has 1 aliphatic rings. The number of carboxylic acid groups (broad SMARTS) is 1. The normalized spacial score (nSPS) is 25.9. The first-order valence-electron chi connectivity index (χ1n) is 5.94. The molecule has 1 aliphatic heterocycles. The standard InChI is InChI=1S/C12H21NO3/c1-8(2)6-11(14)13-5-4-10(12(15)16)7-9(13)3/h8-10H,4-7H2,1-3H3,(H,15,16). The molecule has 0 radical (unpaired) electrons. The van der Waals surface area contributed by atoms with Crippen molar-refractivity contribution in [3.05, 3.63) is 0 Å². The van der Waals surface area contributed by atoms with Gasteiger partial charge in [0, 0.05) is 19.0 Å². The summed E-state index contributed by atoms with van der Waals surface area (Å²) < 4.78 is 0. The Kier molecular flexibility index (Phi) is 4.33. The van der Waals surface area contributed by atoms with E-state index in [4.69, 9.17) is 5.11 Å². The van der Waals surface area contributed by atoms with Gasteiger partial charge in [0.1, 0.15) is 0 Å². The van der Waals surface area contributed by atoms with E-state index in [0.717, 1.165) is 0 Å². The zero-order valence-corrected chi connectivity index (χ0v) is 10.3. The lowest BCUT2D eigenvalue weighted by molar-refractivity contribution is -0.147. The number of hydrogen-bond donors (Lipinski definition) is 1. The molecule has 2 unspecified atom stereocenters. The van der Waals surface area contributed by atoms with E-state index in [1.807, 2.05) is 25.7 Å². The van der Waals surface area contributed by atoms with Crippen LogP contribution >= 0.6 is 0 Å². The van der Waals surface area contributed by atoms with Gasteiger partial charge in [0.05, 0.1) is 5.92 Å². The van der Waals surface area contributed by atoms with Crippen LogP contribution < -0.4 is 0 Å². The van der Waals surface area contributed by atoms with E-state index >= 15 is 0 Å². The largest absolute Gasteiger partial charge is 0.481 e. The van der Waals surface area contributed by atoms with Gasteiger partial charge in [-0.25, -0.2) is 0 Å². The first-order valence-corrected chi connectivity index (χ1v) is 5.94. The fourth-order valence-electron chi connectivity index (χ4n) is 2.23. The van der Waals surface area contributed by atoms with Gasteiger partial charge in [-0.15, -0.1) is 0 Å². The zero-order chi connectivity index (χ0) is 12.3. The molecular weight excluding hydrogens is 206 g/mol. The fraction of sp³-hybridized carbons (Fsp3) is 0.833. The second-order valence-corrected chi connectivity index (χ2v) is 5.09. The van der Waals surface area contributed by atoms with Crippen molar-refractivity contribution in [3.63, 3.8) is 0 Å². The summed E-state index contributed by atoms with van der Waals surface area (Å²) in [5, 5.41) is 8.92. The predicted molar refractivity (Wildman–Crippen MR) is 61.0 cm³/mol. The molecule has 1 saturated heterocycles. The Morgan fingerprint density at radius 2 is 2.06 bits per heavy atom. The lowest BCUT2D eigenvalue weighted by Crippen LogP contribution is -2.46. The van der Waals surface area contributed by atoms with Crippen LogP contribution in [0.3, 0.4) is 0 Å². The minimum Gasteiger partial charge on any atom is -0.481 e. The maximum atomic E-state index is 11.9. The van der Waals surface area contributed by atoms with Crippen LogP contribution in [-0.4, -0.2) is 34.5 Å². The quantitative estimate of drug-likeness (QED) is 0.799. The topological polar surface area (TPSA) is 57.6 Å². The molecule has 0 bridgehead atoms. The van der Waals surface area contributed by atoms with E-state index < -0.39 is 5.97 Å². The molecule has 1 rings (SSSR count). The molecule has 0 spiro atoms. The van der Waals surface area contributed by atoms with Crippen molar-refractivity contribution >= 4 is 11.9 Å². The number of rotatable bonds is 3. The smallest absolute Gasteiger partial charge is 0.306 e. The number of carbonyl (C=O) groups excluding carboxylic acids is 1. The molecule has 0 saturated carbocycles. The van der Waals surface area contributed by atoms with Crippen molar-refractivity contribution in [2.45, 2.75) is 46.1 Å². The summed E-state index contributed by atoms with van der Waals surface area (Å²) in [6.07, 6.45) is 1.73. The number of aliphatic carboxylic acids is 1. The van der Waals surface area contributed by atoms with Crippen LogP contribution in [0.2, 0.25) is 0 Å². The van der Waals surface area contributed by atoms with Crippen molar-refractivity contribution in [2.24, 2.45) is 11.8 Å². The minimum atomic E-state index is -0.734. The van der Waals surface area contributed by atoms with E-state index in [1.54, 1.807) is 0 Å². The summed E-state index contributed by atoms with van der Waals surface area (Å²) in [5.41, 5.74) is 0. The van der Waals surface area contributed by atoms with Crippen molar-refractivity contribution in [3.8, 4) is 0 Å². The maximum Gasteiger partial charge on any atom is 0.306 e. The lowest BCUT2D eigenvalue weighted by atomic mass is 9.91. The molecule has 1 heterocycles. The Morgan fingerprint density at radius 3 is 2.50 bits per heavy atom. The molecule has 4 heteroatoms. The van der Waals surface area contributed by atoms with Gasteiger partial charge in [0.2, 0.25) is 5.91 Å². The summed E-state index contributed by atoms with van der Waals surface area (Å²) in [6, 6.07) is 0.0566. The van der Waals surface area contributed by atoms with Crippen LogP contribution in [0, 0.1) is 11.8 Å². The predicted octanol–water partition coefficient (Wildman–Crippen LogP) is 1.74. The maximum absolute atomic E-state index is 11.9. The fourth-order valence-corrected chi connectivity index (χ4v) is 2.23. The number of piperidine rings is 1. The second kappa shape index (κ2) is 5.32. The molecule has 4 nitrogen and oxygen atoms in total. The number of nitrogens with zero attached hydrogens (tertiary/aromatic N) is 1. The molecule has 1 amide bonds. The Morgan fingerprint density at radius 1 is 1.44 bits per heavy atom. The average Bonchev–Trinajstić information content (AvgIpc) is 2.15. The van der Waals surface area contributed by atoms with Gasteiger partial charge in [-0.2, -0.15) is 0 Å². The molecule has 1 fully saturated rings. The third-order valence-corrected chi connectivity index (χ3v) is 3.13. The average molecular weight is 227 g/mol. The highest BCUT2D eigenvalue weighted by molar-refractivity contribution is 5.77. The minimum absolute atomic E-state index is 0.0566. The van der Waals surface area contributed by atoms with Gasteiger partial charge < -0.3 is 10.0 Å². The van der Waals surface area contributed by atoms with Crippen LogP contribution in [0.25, 0.3) is 0 Å². The summed E-state index contributed by atoms with van der Waals surface area (Å²) >= 11 is 0. The molecule has 1 N–H and O–H groups in total. The first-order chi connectivity index (χ1) is 7.41. The van der Waals surface area contributed by atoms with Crippen molar-refractivity contribution in [2.75, 3.05) is 6.54 Å². The summed E-state index contributed by atoms with van der Waals surface area (Å²) in [5.74, 6) is -0.496. The van der Waals surface area contributed by atoms with Crippen LogP contribution in [0.5, 0.6) is 0 Å². The monoisotopic (exact) mass is 227 g/mol. The molecular formula is C12H21NO3. The van der Waals surface area contributed by atoms with Gasteiger partial charge in [-0.05, 0) is 25.7 Å². The number of carbonyl (C=O) groups is 2. The summed E-state index contributed by atoms with van der Waals surface area (Å²) in [4.78, 5) is 24.6. The first kappa shape index (κ1) is 13.0. The highest BCUT2D eigenvalue weighted by Crippen LogP contribution is 2.24. The highest BCUT2D eigenvalue weighted by Gasteiger charge is 2.31. The van der Waals surface area contributed by atoms with E-state index in [9.17, 15) is 9.59 Å². The lowest BCUT2D eigenvalue weighted by Gasteiger charge is -2.36. The number of likely N-dealkylation sites (tertiary alicyclic amines) is 1. The van der Waals surface area contributed by atoms with Crippen LogP contribution in [0.4, 0.5) is 0 Å². The van der Waals surface area contributed by atoms with Crippen molar-refractivity contribution in [1.82, 2.24) is 4.90 Å². The molecule has 0 aromatic rings. The molecule has 16 heavy (non-hydrogen) atoms. The Balaban J connectivity index is 2.53. The van der Waals surface area contributed by atoms with Crippen molar-refractivity contribution in [1.29, 1.82) is 0 Å². The van der Waals surface area contributed by atoms with E-state index in [0.29, 0.717) is 31.7 Å². The highest BCUT2D eigenvalue weighted by atomic mass is 16.4. The third-order valence-electron chi connectivity index (χ3n) is 3.13. The molecule has 0 aromatic carbocycles. The van der Waals surface area contributed by atoms with Crippen LogP contribution in [-0.2, 0) is 9.59 Å². The van der Waals surface area contributed by atoms with E-state index in [-0.39, 0.29) is 17.9 Å². The van der Waals surface area contributed by atoms with Gasteiger partial charge in [-0.1, -0.05) is 13.8 Å². The van der Waals surface area contributed by atoms with Crippen LogP contribution in [0.1, 0.15) is 40.0 Å². The zero-order valence-electron chi connectivity index (χ0n) is 10.3. The second-order valence-electron chi connectivity index (χ2n) is 5.09. The number of amides is 1. The number of hydrogen-bond acceptors (Lipinski definition) is 2. The van der Waals surface area contributed by atoms with Gasteiger partial charge >= 0.3 is 5.97 Å². The Bertz CT molecular complexity index is 275. The van der Waals surface area contributed by atoms with Gasteiger partial charge in [0.15, 0.2) is 0 Å². The molecule has 0 aliphatic carbocycles. The SMILES string of the molecule is CC(C)CC(=O)N1CCC(C(=O)O)CC1C. The Labute approximate surface area is 96.6 Å².